The third-order valence-electron chi connectivity index (χ3n) is 2.96. The monoisotopic (exact) mass is 279 g/mol. The lowest BCUT2D eigenvalue weighted by Crippen LogP contribution is -1.86. The van der Waals surface area contributed by atoms with Crippen molar-refractivity contribution in [1.82, 2.24) is 4.98 Å². The van der Waals surface area contributed by atoms with Gasteiger partial charge in [-0.2, -0.15) is 0 Å². The van der Waals surface area contributed by atoms with Crippen molar-refractivity contribution in [2.45, 2.75) is 38.5 Å². The van der Waals surface area contributed by atoms with Gasteiger partial charge in [0.15, 0.2) is 0 Å². The van der Waals surface area contributed by atoms with Crippen LogP contribution in [-0.2, 0) is 12.3 Å². The van der Waals surface area contributed by atoms with Gasteiger partial charge in [0.1, 0.15) is 5.01 Å². The van der Waals surface area contributed by atoms with Crippen molar-refractivity contribution in [3.8, 4) is 10.6 Å². The van der Waals surface area contributed by atoms with E-state index in [0.29, 0.717) is 5.88 Å². The summed E-state index contributed by atoms with van der Waals surface area (Å²) < 4.78 is 0. The van der Waals surface area contributed by atoms with Gasteiger partial charge in [0.2, 0.25) is 0 Å². The van der Waals surface area contributed by atoms with Crippen LogP contribution in [0, 0.1) is 0 Å². The van der Waals surface area contributed by atoms with E-state index in [2.05, 4.69) is 36.2 Å². The molecule has 0 saturated carbocycles. The SMILES string of the molecule is CCCCCc1ccc(-c2nc(CCl)cs2)cc1. The molecular formula is C15H18ClNS. The van der Waals surface area contributed by atoms with E-state index in [9.17, 15) is 0 Å². The van der Waals surface area contributed by atoms with Crippen molar-refractivity contribution in [2.75, 3.05) is 0 Å². The Morgan fingerprint density at radius 2 is 1.94 bits per heavy atom. The molecule has 2 rings (SSSR count). The molecule has 1 heterocycles. The second-order valence-electron chi connectivity index (χ2n) is 4.43. The lowest BCUT2D eigenvalue weighted by Gasteiger charge is -2.02. The van der Waals surface area contributed by atoms with Gasteiger partial charge in [-0.15, -0.1) is 22.9 Å². The number of thiazole rings is 1. The zero-order valence-corrected chi connectivity index (χ0v) is 12.2. The van der Waals surface area contributed by atoms with E-state index in [1.54, 1.807) is 11.3 Å². The third kappa shape index (κ3) is 3.56. The zero-order valence-electron chi connectivity index (χ0n) is 10.7. The molecule has 0 unspecified atom stereocenters. The molecule has 0 aliphatic heterocycles. The minimum atomic E-state index is 0.492. The van der Waals surface area contributed by atoms with Gasteiger partial charge in [-0.25, -0.2) is 4.98 Å². The molecule has 2 aromatic rings. The Kier molecular flexibility index (Phi) is 5.21. The average Bonchev–Trinajstić information content (AvgIpc) is 2.89. The Bertz CT molecular complexity index is 475. The molecule has 1 aromatic carbocycles. The minimum Gasteiger partial charge on any atom is -0.240 e. The van der Waals surface area contributed by atoms with Crippen LogP contribution < -0.4 is 0 Å². The fraction of sp³-hybridized carbons (Fsp3) is 0.400. The largest absolute Gasteiger partial charge is 0.240 e. The van der Waals surface area contributed by atoms with Crippen molar-refractivity contribution < 1.29 is 0 Å². The number of aryl methyl sites for hydroxylation is 1. The second-order valence-corrected chi connectivity index (χ2v) is 5.56. The summed E-state index contributed by atoms with van der Waals surface area (Å²) in [6.07, 6.45) is 5.05. The van der Waals surface area contributed by atoms with Crippen LogP contribution >= 0.6 is 22.9 Å². The van der Waals surface area contributed by atoms with Crippen LogP contribution in [-0.4, -0.2) is 4.98 Å². The van der Waals surface area contributed by atoms with Crippen molar-refractivity contribution in [1.29, 1.82) is 0 Å². The standard InChI is InChI=1S/C15H18ClNS/c1-2-3-4-5-12-6-8-13(9-7-12)15-17-14(10-16)11-18-15/h6-9,11H,2-5,10H2,1H3. The summed E-state index contributed by atoms with van der Waals surface area (Å²) in [4.78, 5) is 4.49. The van der Waals surface area contributed by atoms with Crippen LogP contribution in [0.3, 0.4) is 0 Å². The molecule has 0 atom stereocenters. The van der Waals surface area contributed by atoms with Gasteiger partial charge in [-0.05, 0) is 18.4 Å². The Morgan fingerprint density at radius 1 is 1.17 bits per heavy atom. The van der Waals surface area contributed by atoms with E-state index >= 15 is 0 Å². The van der Waals surface area contributed by atoms with Gasteiger partial charge in [-0.3, -0.25) is 0 Å². The number of hydrogen-bond donors (Lipinski definition) is 0. The molecule has 0 fully saturated rings. The second kappa shape index (κ2) is 6.91. The number of aromatic nitrogens is 1. The molecule has 96 valence electrons. The van der Waals surface area contributed by atoms with Crippen molar-refractivity contribution in [2.24, 2.45) is 0 Å². The van der Waals surface area contributed by atoms with Gasteiger partial charge >= 0.3 is 0 Å². The Labute approximate surface area is 118 Å². The van der Waals surface area contributed by atoms with Crippen LogP contribution in [0.2, 0.25) is 0 Å². The summed E-state index contributed by atoms with van der Waals surface area (Å²) in [5.41, 5.74) is 3.57. The van der Waals surface area contributed by atoms with E-state index < -0.39 is 0 Å². The van der Waals surface area contributed by atoms with Crippen LogP contribution in [0.1, 0.15) is 37.4 Å². The molecule has 0 N–H and O–H groups in total. The molecule has 0 spiro atoms. The number of halogens is 1. The lowest BCUT2D eigenvalue weighted by molar-refractivity contribution is 0.717. The van der Waals surface area contributed by atoms with Crippen LogP contribution in [0.15, 0.2) is 29.6 Å². The smallest absolute Gasteiger partial charge is 0.123 e. The number of benzene rings is 1. The summed E-state index contributed by atoms with van der Waals surface area (Å²) in [5.74, 6) is 0.492. The molecule has 0 aliphatic rings. The van der Waals surface area contributed by atoms with E-state index in [4.69, 9.17) is 11.6 Å². The van der Waals surface area contributed by atoms with E-state index in [-0.39, 0.29) is 0 Å². The van der Waals surface area contributed by atoms with Crippen LogP contribution in [0.25, 0.3) is 10.6 Å². The maximum Gasteiger partial charge on any atom is 0.123 e. The first-order chi connectivity index (χ1) is 8.83. The maximum absolute atomic E-state index is 5.77. The number of rotatable bonds is 6. The first-order valence-electron chi connectivity index (χ1n) is 6.43. The predicted octanol–water partition coefficient (Wildman–Crippen LogP) is 5.28. The quantitative estimate of drug-likeness (QED) is 0.518. The molecule has 0 radical (unpaired) electrons. The highest BCUT2D eigenvalue weighted by Crippen LogP contribution is 2.24. The van der Waals surface area contributed by atoms with Crippen LogP contribution in [0.5, 0.6) is 0 Å². The van der Waals surface area contributed by atoms with Gasteiger partial charge < -0.3 is 0 Å². The molecular weight excluding hydrogens is 262 g/mol. The maximum atomic E-state index is 5.77. The van der Waals surface area contributed by atoms with E-state index in [1.807, 2.05) is 5.38 Å². The van der Waals surface area contributed by atoms with E-state index in [1.165, 1.54) is 36.8 Å². The predicted molar refractivity (Wildman–Crippen MR) is 80.3 cm³/mol. The van der Waals surface area contributed by atoms with Crippen LogP contribution in [0.4, 0.5) is 0 Å². The summed E-state index contributed by atoms with van der Waals surface area (Å²) in [7, 11) is 0. The number of hydrogen-bond acceptors (Lipinski definition) is 2. The van der Waals surface area contributed by atoms with Gasteiger partial charge in [-0.1, -0.05) is 44.0 Å². The Balaban J connectivity index is 2.02. The molecule has 0 bridgehead atoms. The first-order valence-corrected chi connectivity index (χ1v) is 7.84. The Hall–Kier alpha value is -0.860. The summed E-state index contributed by atoms with van der Waals surface area (Å²) in [6.45, 7) is 2.24. The molecule has 18 heavy (non-hydrogen) atoms. The van der Waals surface area contributed by atoms with Crippen molar-refractivity contribution in [3.05, 3.63) is 40.9 Å². The highest BCUT2D eigenvalue weighted by atomic mass is 35.5. The summed E-state index contributed by atoms with van der Waals surface area (Å²) >= 11 is 7.43. The fourth-order valence-electron chi connectivity index (χ4n) is 1.89. The number of nitrogens with zero attached hydrogens (tertiary/aromatic N) is 1. The van der Waals surface area contributed by atoms with E-state index in [0.717, 1.165) is 10.7 Å². The minimum absolute atomic E-state index is 0.492. The summed E-state index contributed by atoms with van der Waals surface area (Å²) in [6, 6.07) is 8.76. The molecule has 1 nitrogen and oxygen atoms in total. The van der Waals surface area contributed by atoms with Gasteiger partial charge in [0.05, 0.1) is 11.6 Å². The number of alkyl halides is 1. The normalized spacial score (nSPS) is 10.8. The van der Waals surface area contributed by atoms with Crippen molar-refractivity contribution in [3.63, 3.8) is 0 Å². The topological polar surface area (TPSA) is 12.9 Å². The van der Waals surface area contributed by atoms with Gasteiger partial charge in [0, 0.05) is 10.9 Å². The highest BCUT2D eigenvalue weighted by Gasteiger charge is 2.04. The zero-order chi connectivity index (χ0) is 12.8. The fourth-order valence-corrected chi connectivity index (χ4v) is 2.95. The molecule has 0 saturated heterocycles. The molecule has 1 aromatic heterocycles. The third-order valence-corrected chi connectivity index (χ3v) is 4.17. The number of unbranched alkanes of at least 4 members (excludes halogenated alkanes) is 2. The molecule has 0 amide bonds. The highest BCUT2D eigenvalue weighted by molar-refractivity contribution is 7.13. The Morgan fingerprint density at radius 3 is 2.56 bits per heavy atom. The first kappa shape index (κ1) is 13.6. The summed E-state index contributed by atoms with van der Waals surface area (Å²) in [5, 5.41) is 3.09. The molecule has 0 aliphatic carbocycles. The average molecular weight is 280 g/mol. The lowest BCUT2D eigenvalue weighted by atomic mass is 10.1. The van der Waals surface area contributed by atoms with Gasteiger partial charge in [0.25, 0.3) is 0 Å². The van der Waals surface area contributed by atoms with Crippen molar-refractivity contribution >= 4 is 22.9 Å². The molecule has 3 heteroatoms.